The van der Waals surface area contributed by atoms with Crippen molar-refractivity contribution in [1.29, 1.82) is 0 Å². The van der Waals surface area contributed by atoms with Gasteiger partial charge >= 0.3 is 0 Å². The lowest BCUT2D eigenvalue weighted by molar-refractivity contribution is -0.115. The molecule has 1 amide bonds. The molecular formula is C19H18N2OS. The molecule has 3 rings (SSSR count). The maximum atomic E-state index is 12.0. The molecule has 1 heterocycles. The zero-order valence-electron chi connectivity index (χ0n) is 13.2. The second-order valence-electron chi connectivity index (χ2n) is 5.59. The second kappa shape index (κ2) is 6.84. The minimum Gasteiger partial charge on any atom is -0.301 e. The number of rotatable bonds is 3. The summed E-state index contributed by atoms with van der Waals surface area (Å²) in [7, 11) is 0. The van der Waals surface area contributed by atoms with Gasteiger partial charge in [0.2, 0.25) is 0 Å². The smallest absolute Gasteiger partial charge is 0.264 e. The zero-order valence-corrected chi connectivity index (χ0v) is 14.0. The molecule has 1 aliphatic heterocycles. The summed E-state index contributed by atoms with van der Waals surface area (Å²) in [5, 5.41) is 3.49. The van der Waals surface area contributed by atoms with Gasteiger partial charge in [-0.25, -0.2) is 0 Å². The van der Waals surface area contributed by atoms with Crippen molar-refractivity contribution in [1.82, 2.24) is 5.32 Å². The molecule has 116 valence electrons. The lowest BCUT2D eigenvalue weighted by atomic mass is 10.1. The molecule has 0 bridgehead atoms. The van der Waals surface area contributed by atoms with Gasteiger partial charge in [-0.1, -0.05) is 59.7 Å². The third-order valence-corrected chi connectivity index (χ3v) is 4.38. The van der Waals surface area contributed by atoms with Crippen LogP contribution in [0.25, 0.3) is 6.08 Å². The maximum Gasteiger partial charge on any atom is 0.264 e. The van der Waals surface area contributed by atoms with Crippen molar-refractivity contribution in [2.75, 3.05) is 0 Å². The van der Waals surface area contributed by atoms with Crippen LogP contribution in [0.3, 0.4) is 0 Å². The summed E-state index contributed by atoms with van der Waals surface area (Å²) in [6.45, 7) is 4.73. The SMILES string of the molecule is Cc1cc(C)cc(CN=C2NC(=O)/C(=C/c3ccccc3)S2)c1. The van der Waals surface area contributed by atoms with Crippen LogP contribution in [0.1, 0.15) is 22.3 Å². The van der Waals surface area contributed by atoms with E-state index in [-0.39, 0.29) is 5.91 Å². The van der Waals surface area contributed by atoms with E-state index in [0.717, 1.165) is 11.1 Å². The highest BCUT2D eigenvalue weighted by Gasteiger charge is 2.23. The van der Waals surface area contributed by atoms with E-state index in [0.29, 0.717) is 16.6 Å². The maximum absolute atomic E-state index is 12.0. The Hall–Kier alpha value is -2.33. The number of aryl methyl sites for hydroxylation is 2. The molecule has 1 fully saturated rings. The number of benzene rings is 2. The van der Waals surface area contributed by atoms with Crippen molar-refractivity contribution in [2.45, 2.75) is 20.4 Å². The fourth-order valence-electron chi connectivity index (χ4n) is 2.53. The van der Waals surface area contributed by atoms with Crippen molar-refractivity contribution in [3.63, 3.8) is 0 Å². The van der Waals surface area contributed by atoms with Crippen LogP contribution in [0.2, 0.25) is 0 Å². The summed E-state index contributed by atoms with van der Waals surface area (Å²) in [4.78, 5) is 17.2. The Morgan fingerprint density at radius 2 is 1.78 bits per heavy atom. The minimum atomic E-state index is -0.0852. The fraction of sp³-hybridized carbons (Fsp3) is 0.158. The van der Waals surface area contributed by atoms with Gasteiger partial charge in [0.05, 0.1) is 11.4 Å². The first-order valence-electron chi connectivity index (χ1n) is 7.48. The number of amidine groups is 1. The lowest BCUT2D eigenvalue weighted by Gasteiger charge is -2.02. The van der Waals surface area contributed by atoms with E-state index in [4.69, 9.17) is 0 Å². The van der Waals surface area contributed by atoms with Gasteiger partial charge in [-0.3, -0.25) is 9.79 Å². The van der Waals surface area contributed by atoms with E-state index in [9.17, 15) is 4.79 Å². The summed E-state index contributed by atoms with van der Waals surface area (Å²) in [5.41, 5.74) is 4.63. The molecule has 23 heavy (non-hydrogen) atoms. The number of amides is 1. The van der Waals surface area contributed by atoms with Crippen LogP contribution in [0.5, 0.6) is 0 Å². The van der Waals surface area contributed by atoms with Crippen LogP contribution in [-0.4, -0.2) is 11.1 Å². The Morgan fingerprint density at radius 1 is 1.09 bits per heavy atom. The Morgan fingerprint density at radius 3 is 2.48 bits per heavy atom. The van der Waals surface area contributed by atoms with Crippen molar-refractivity contribution < 1.29 is 4.79 Å². The summed E-state index contributed by atoms with van der Waals surface area (Å²) in [6.07, 6.45) is 1.89. The van der Waals surface area contributed by atoms with Gasteiger partial charge in [0.25, 0.3) is 5.91 Å². The van der Waals surface area contributed by atoms with Crippen LogP contribution in [0.15, 0.2) is 58.4 Å². The molecule has 4 heteroatoms. The summed E-state index contributed by atoms with van der Waals surface area (Å²) in [6, 6.07) is 16.2. The largest absolute Gasteiger partial charge is 0.301 e. The Labute approximate surface area is 140 Å². The Kier molecular flexibility index (Phi) is 4.63. The molecule has 0 aromatic heterocycles. The Bertz CT molecular complexity index is 774. The summed E-state index contributed by atoms with van der Waals surface area (Å²) >= 11 is 1.39. The minimum absolute atomic E-state index is 0.0852. The highest BCUT2D eigenvalue weighted by Crippen LogP contribution is 2.26. The summed E-state index contributed by atoms with van der Waals surface area (Å²) < 4.78 is 0. The number of nitrogens with zero attached hydrogens (tertiary/aromatic N) is 1. The lowest BCUT2D eigenvalue weighted by Crippen LogP contribution is -2.19. The van der Waals surface area contributed by atoms with Gasteiger partial charge in [-0.05, 0) is 42.8 Å². The van der Waals surface area contributed by atoms with Gasteiger partial charge in [0, 0.05) is 0 Å². The zero-order chi connectivity index (χ0) is 16.2. The first kappa shape index (κ1) is 15.6. The average molecular weight is 322 g/mol. The Balaban J connectivity index is 1.73. The molecule has 1 saturated heterocycles. The van der Waals surface area contributed by atoms with Crippen LogP contribution < -0.4 is 5.32 Å². The second-order valence-corrected chi connectivity index (χ2v) is 6.62. The first-order chi connectivity index (χ1) is 11.1. The predicted octanol–water partition coefficient (Wildman–Crippen LogP) is 4.06. The van der Waals surface area contributed by atoms with Gasteiger partial charge in [-0.2, -0.15) is 0 Å². The molecule has 3 nitrogen and oxygen atoms in total. The monoisotopic (exact) mass is 322 g/mol. The van der Waals surface area contributed by atoms with E-state index in [1.54, 1.807) is 0 Å². The molecule has 2 aromatic carbocycles. The molecule has 1 N–H and O–H groups in total. The van der Waals surface area contributed by atoms with Gasteiger partial charge in [-0.15, -0.1) is 0 Å². The van der Waals surface area contributed by atoms with Crippen molar-refractivity contribution in [3.8, 4) is 0 Å². The number of hydrogen-bond acceptors (Lipinski definition) is 3. The number of aliphatic imine (C=N–C) groups is 1. The van der Waals surface area contributed by atoms with Crippen molar-refractivity contribution in [3.05, 3.63) is 75.7 Å². The third-order valence-electron chi connectivity index (χ3n) is 3.43. The molecule has 1 aliphatic rings. The van der Waals surface area contributed by atoms with Crippen molar-refractivity contribution in [2.24, 2.45) is 4.99 Å². The molecule has 0 saturated carbocycles. The molecule has 2 aromatic rings. The van der Waals surface area contributed by atoms with E-state index < -0.39 is 0 Å². The molecule has 0 spiro atoms. The fourth-order valence-corrected chi connectivity index (χ4v) is 3.35. The number of thioether (sulfide) groups is 1. The molecule has 0 unspecified atom stereocenters. The quantitative estimate of drug-likeness (QED) is 0.866. The van der Waals surface area contributed by atoms with Gasteiger partial charge in [0.15, 0.2) is 5.17 Å². The van der Waals surface area contributed by atoms with Crippen LogP contribution in [0, 0.1) is 13.8 Å². The third kappa shape index (κ3) is 4.11. The standard InChI is InChI=1S/C19H18N2OS/c1-13-8-14(2)10-16(9-13)12-20-19-21-18(22)17(23-19)11-15-6-4-3-5-7-15/h3-11H,12H2,1-2H3,(H,20,21,22)/b17-11-. The van der Waals surface area contributed by atoms with Crippen LogP contribution >= 0.6 is 11.8 Å². The average Bonchev–Trinajstić information content (AvgIpc) is 2.85. The number of carbonyl (C=O) groups excluding carboxylic acids is 1. The molecule has 0 aliphatic carbocycles. The molecular weight excluding hydrogens is 304 g/mol. The number of hydrogen-bond donors (Lipinski definition) is 1. The van der Waals surface area contributed by atoms with E-state index >= 15 is 0 Å². The number of nitrogens with one attached hydrogen (secondary N) is 1. The van der Waals surface area contributed by atoms with Gasteiger partial charge in [0.1, 0.15) is 0 Å². The molecule has 0 atom stereocenters. The van der Waals surface area contributed by atoms with E-state index in [2.05, 4.69) is 42.4 Å². The van der Waals surface area contributed by atoms with Gasteiger partial charge < -0.3 is 5.32 Å². The highest BCUT2D eigenvalue weighted by atomic mass is 32.2. The van der Waals surface area contributed by atoms with E-state index in [1.807, 2.05) is 36.4 Å². The molecule has 0 radical (unpaired) electrons. The predicted molar refractivity (Wildman–Crippen MR) is 97.2 cm³/mol. The van der Waals surface area contributed by atoms with Crippen LogP contribution in [0.4, 0.5) is 0 Å². The normalized spacial score (nSPS) is 17.7. The van der Waals surface area contributed by atoms with Crippen LogP contribution in [-0.2, 0) is 11.3 Å². The van der Waals surface area contributed by atoms with E-state index in [1.165, 1.54) is 22.9 Å². The first-order valence-corrected chi connectivity index (χ1v) is 8.29. The summed E-state index contributed by atoms with van der Waals surface area (Å²) in [5.74, 6) is -0.0852. The highest BCUT2D eigenvalue weighted by molar-refractivity contribution is 8.18. The topological polar surface area (TPSA) is 41.5 Å². The van der Waals surface area contributed by atoms with Crippen molar-refractivity contribution >= 4 is 28.9 Å². The number of carbonyl (C=O) groups is 1.